The number of nitrogens with zero attached hydrogens (tertiary/aromatic N) is 3. The first-order valence-corrected chi connectivity index (χ1v) is 7.60. The number of hydrogen-bond acceptors (Lipinski definition) is 5. The summed E-state index contributed by atoms with van der Waals surface area (Å²) in [5.74, 6) is 1.31. The number of amides is 3. The van der Waals surface area contributed by atoms with E-state index in [2.05, 4.69) is 25.9 Å². The number of aromatic nitrogens is 2. The third kappa shape index (κ3) is 2.50. The molecule has 0 unspecified atom stereocenters. The summed E-state index contributed by atoms with van der Waals surface area (Å²) in [5.41, 5.74) is 0. The zero-order valence-corrected chi connectivity index (χ0v) is 13.0. The fourth-order valence-electron chi connectivity index (χ4n) is 2.28. The molecule has 22 heavy (non-hydrogen) atoms. The molecule has 116 valence electrons. The zero-order chi connectivity index (χ0) is 15.7. The second-order valence-corrected chi connectivity index (χ2v) is 5.75. The molecule has 0 spiro atoms. The Morgan fingerprint density at radius 3 is 2.77 bits per heavy atom. The first-order valence-electron chi connectivity index (χ1n) is 6.78. The van der Waals surface area contributed by atoms with Gasteiger partial charge in [-0.1, -0.05) is 0 Å². The molecule has 3 rings (SSSR count). The molecule has 0 bridgehead atoms. The molecule has 0 fully saturated rings. The van der Waals surface area contributed by atoms with Gasteiger partial charge in [-0.15, -0.1) is 11.3 Å². The molecule has 3 amide bonds. The lowest BCUT2D eigenvalue weighted by molar-refractivity contribution is 0.0967. The number of urea groups is 1. The summed E-state index contributed by atoms with van der Waals surface area (Å²) in [5, 5.41) is 13.1. The number of fused-ring (bicyclic) bond motifs is 1. The van der Waals surface area contributed by atoms with Crippen LogP contribution in [-0.4, -0.2) is 42.4 Å². The SMILES string of the molecule is CNC(=O)Nc1cc2n(n1)CCN2c1ccc(C(=O)NC)s1. The monoisotopic (exact) mass is 320 g/mol. The van der Waals surface area contributed by atoms with Crippen LogP contribution in [0.5, 0.6) is 0 Å². The number of thiophene rings is 1. The summed E-state index contributed by atoms with van der Waals surface area (Å²) in [7, 11) is 3.17. The molecule has 0 aliphatic carbocycles. The Kier molecular flexibility index (Phi) is 3.72. The molecule has 0 atom stereocenters. The molecule has 1 aliphatic heterocycles. The zero-order valence-electron chi connectivity index (χ0n) is 12.2. The number of rotatable bonds is 3. The molecular formula is C13H16N6O2S. The standard InChI is InChI=1S/C13H16N6O2S/c1-14-12(20)8-3-4-11(22-8)18-5-6-19-10(18)7-9(17-19)16-13(21)15-2/h3-4,7H,5-6H2,1-2H3,(H,14,20)(H2,15,16,17,21). The normalized spacial score (nSPS) is 12.9. The molecule has 0 aromatic carbocycles. The lowest BCUT2D eigenvalue weighted by Crippen LogP contribution is -2.24. The van der Waals surface area contributed by atoms with E-state index < -0.39 is 0 Å². The van der Waals surface area contributed by atoms with Crippen LogP contribution in [0.1, 0.15) is 9.67 Å². The Morgan fingerprint density at radius 1 is 1.23 bits per heavy atom. The molecule has 1 aliphatic rings. The van der Waals surface area contributed by atoms with Crippen molar-refractivity contribution in [2.75, 3.05) is 30.9 Å². The highest BCUT2D eigenvalue weighted by atomic mass is 32.1. The highest BCUT2D eigenvalue weighted by molar-refractivity contribution is 7.18. The van der Waals surface area contributed by atoms with Gasteiger partial charge in [-0.2, -0.15) is 5.10 Å². The van der Waals surface area contributed by atoms with Crippen molar-refractivity contribution in [2.24, 2.45) is 0 Å². The Hall–Kier alpha value is -2.55. The predicted molar refractivity (Wildman–Crippen MR) is 85.0 cm³/mol. The molecule has 3 heterocycles. The van der Waals surface area contributed by atoms with Crippen molar-refractivity contribution >= 4 is 39.9 Å². The first kappa shape index (κ1) is 14.4. The van der Waals surface area contributed by atoms with Gasteiger partial charge < -0.3 is 15.5 Å². The topological polar surface area (TPSA) is 91.3 Å². The number of hydrogen-bond donors (Lipinski definition) is 3. The lowest BCUT2D eigenvalue weighted by atomic mass is 10.4. The highest BCUT2D eigenvalue weighted by Crippen LogP contribution is 2.36. The summed E-state index contributed by atoms with van der Waals surface area (Å²) < 4.78 is 1.84. The third-order valence-electron chi connectivity index (χ3n) is 3.35. The summed E-state index contributed by atoms with van der Waals surface area (Å²) in [4.78, 5) is 25.7. The molecule has 3 N–H and O–H groups in total. The van der Waals surface area contributed by atoms with Crippen molar-refractivity contribution in [1.82, 2.24) is 20.4 Å². The number of carbonyl (C=O) groups excluding carboxylic acids is 2. The molecule has 0 saturated carbocycles. The minimum Gasteiger partial charge on any atom is -0.354 e. The van der Waals surface area contributed by atoms with Crippen LogP contribution in [0, 0.1) is 0 Å². The van der Waals surface area contributed by atoms with Gasteiger partial charge in [0.05, 0.1) is 16.4 Å². The van der Waals surface area contributed by atoms with Gasteiger partial charge >= 0.3 is 6.03 Å². The van der Waals surface area contributed by atoms with Gasteiger partial charge in [-0.3, -0.25) is 10.1 Å². The van der Waals surface area contributed by atoms with Gasteiger partial charge in [0.25, 0.3) is 5.91 Å². The van der Waals surface area contributed by atoms with Crippen LogP contribution < -0.4 is 20.9 Å². The largest absolute Gasteiger partial charge is 0.354 e. The second-order valence-electron chi connectivity index (χ2n) is 4.68. The van der Waals surface area contributed by atoms with E-state index in [0.717, 1.165) is 23.9 Å². The molecule has 2 aromatic rings. The van der Waals surface area contributed by atoms with E-state index in [1.54, 1.807) is 14.1 Å². The van der Waals surface area contributed by atoms with Crippen molar-refractivity contribution in [3.63, 3.8) is 0 Å². The number of carbonyl (C=O) groups is 2. The molecular weight excluding hydrogens is 304 g/mol. The smallest absolute Gasteiger partial charge is 0.320 e. The van der Waals surface area contributed by atoms with E-state index in [0.29, 0.717) is 10.7 Å². The Morgan fingerprint density at radius 2 is 2.05 bits per heavy atom. The summed E-state index contributed by atoms with van der Waals surface area (Å²) in [6.07, 6.45) is 0. The average Bonchev–Trinajstić information content (AvgIpc) is 3.20. The van der Waals surface area contributed by atoms with Crippen LogP contribution in [-0.2, 0) is 6.54 Å². The minimum atomic E-state index is -0.304. The van der Waals surface area contributed by atoms with Crippen molar-refractivity contribution in [1.29, 1.82) is 0 Å². The van der Waals surface area contributed by atoms with Gasteiger partial charge in [0.2, 0.25) is 0 Å². The van der Waals surface area contributed by atoms with Crippen molar-refractivity contribution in [3.8, 4) is 0 Å². The average molecular weight is 320 g/mol. The Balaban J connectivity index is 1.83. The lowest BCUT2D eigenvalue weighted by Gasteiger charge is -2.13. The van der Waals surface area contributed by atoms with E-state index in [-0.39, 0.29) is 11.9 Å². The van der Waals surface area contributed by atoms with E-state index in [4.69, 9.17) is 0 Å². The molecule has 0 saturated heterocycles. The maximum Gasteiger partial charge on any atom is 0.320 e. The van der Waals surface area contributed by atoms with Gasteiger partial charge in [0.1, 0.15) is 5.82 Å². The summed E-state index contributed by atoms with van der Waals surface area (Å²) in [6.45, 7) is 1.52. The van der Waals surface area contributed by atoms with Crippen molar-refractivity contribution in [3.05, 3.63) is 23.1 Å². The van der Waals surface area contributed by atoms with Gasteiger partial charge in [0, 0.05) is 26.7 Å². The minimum absolute atomic E-state index is 0.0917. The summed E-state index contributed by atoms with van der Waals surface area (Å²) >= 11 is 1.43. The van der Waals surface area contributed by atoms with Crippen LogP contribution in [0.25, 0.3) is 0 Å². The molecule has 0 radical (unpaired) electrons. The maximum atomic E-state index is 11.7. The van der Waals surface area contributed by atoms with E-state index in [1.165, 1.54) is 11.3 Å². The Bertz CT molecular complexity index is 722. The fraction of sp³-hybridized carbons (Fsp3) is 0.308. The van der Waals surface area contributed by atoms with E-state index in [1.807, 2.05) is 22.9 Å². The number of nitrogens with one attached hydrogen (secondary N) is 3. The number of anilines is 3. The van der Waals surface area contributed by atoms with E-state index >= 15 is 0 Å². The first-order chi connectivity index (χ1) is 10.6. The van der Waals surface area contributed by atoms with Crippen molar-refractivity contribution < 1.29 is 9.59 Å². The second kappa shape index (κ2) is 5.68. The molecule has 8 nitrogen and oxygen atoms in total. The van der Waals surface area contributed by atoms with Gasteiger partial charge in [0.15, 0.2) is 5.82 Å². The third-order valence-corrected chi connectivity index (χ3v) is 4.46. The quantitative estimate of drug-likeness (QED) is 0.793. The summed E-state index contributed by atoms with van der Waals surface area (Å²) in [6, 6.07) is 5.24. The van der Waals surface area contributed by atoms with Crippen LogP contribution in [0.3, 0.4) is 0 Å². The van der Waals surface area contributed by atoms with Gasteiger partial charge in [-0.25, -0.2) is 9.48 Å². The van der Waals surface area contributed by atoms with Crippen LogP contribution in [0.15, 0.2) is 18.2 Å². The van der Waals surface area contributed by atoms with Crippen LogP contribution in [0.4, 0.5) is 21.4 Å². The van der Waals surface area contributed by atoms with Crippen LogP contribution in [0.2, 0.25) is 0 Å². The molecule has 9 heteroatoms. The van der Waals surface area contributed by atoms with Crippen LogP contribution >= 0.6 is 11.3 Å². The predicted octanol–water partition coefficient (Wildman–Crippen LogP) is 1.21. The Labute approximate surface area is 131 Å². The maximum absolute atomic E-state index is 11.7. The highest BCUT2D eigenvalue weighted by Gasteiger charge is 2.25. The van der Waals surface area contributed by atoms with Gasteiger partial charge in [-0.05, 0) is 12.1 Å². The fourth-order valence-corrected chi connectivity index (χ4v) is 3.27. The van der Waals surface area contributed by atoms with Crippen molar-refractivity contribution in [2.45, 2.75) is 6.54 Å². The van der Waals surface area contributed by atoms with E-state index in [9.17, 15) is 9.59 Å². The molecule has 2 aromatic heterocycles.